The number of hydrogen-bond donors (Lipinski definition) is 1. The minimum Gasteiger partial charge on any atom is -0.317 e. The largest absolute Gasteiger partial charge is 0.317 e. The van der Waals surface area contributed by atoms with Gasteiger partial charge in [-0.1, -0.05) is 6.07 Å². The van der Waals surface area contributed by atoms with Crippen LogP contribution in [0.1, 0.15) is 31.5 Å². The van der Waals surface area contributed by atoms with Crippen LogP contribution in [0.5, 0.6) is 0 Å². The third kappa shape index (κ3) is 2.60. The van der Waals surface area contributed by atoms with Crippen molar-refractivity contribution in [1.29, 1.82) is 0 Å². The second-order valence-corrected chi connectivity index (χ2v) is 4.53. The second kappa shape index (κ2) is 5.41. The number of hydrogen-bond acceptors (Lipinski definition) is 3. The molecule has 1 aromatic heterocycles. The van der Waals surface area contributed by atoms with Gasteiger partial charge in [0.2, 0.25) is 0 Å². The molecular formula is C13H21N3. The zero-order valence-corrected chi connectivity index (χ0v) is 10.2. The molecule has 2 rings (SSSR count). The highest BCUT2D eigenvalue weighted by molar-refractivity contribution is 5.08. The van der Waals surface area contributed by atoms with Crippen LogP contribution < -0.4 is 5.32 Å². The Morgan fingerprint density at radius 3 is 2.69 bits per heavy atom. The molecule has 1 N–H and O–H groups in total. The van der Waals surface area contributed by atoms with Crippen LogP contribution in [0.4, 0.5) is 0 Å². The first-order valence-electron chi connectivity index (χ1n) is 6.13. The first-order valence-corrected chi connectivity index (χ1v) is 6.13. The maximum absolute atomic E-state index is 4.44. The quantitative estimate of drug-likeness (QED) is 0.840. The van der Waals surface area contributed by atoms with Gasteiger partial charge in [-0.05, 0) is 38.9 Å². The first-order chi connectivity index (χ1) is 7.81. The van der Waals surface area contributed by atoms with Gasteiger partial charge in [0.05, 0.1) is 5.69 Å². The Hall–Kier alpha value is -0.930. The van der Waals surface area contributed by atoms with Crippen molar-refractivity contribution in [3.05, 3.63) is 30.1 Å². The van der Waals surface area contributed by atoms with Crippen LogP contribution in [0.25, 0.3) is 0 Å². The van der Waals surface area contributed by atoms with Crippen molar-refractivity contribution in [2.24, 2.45) is 0 Å². The van der Waals surface area contributed by atoms with Crippen LogP contribution >= 0.6 is 0 Å². The number of pyridine rings is 1. The summed E-state index contributed by atoms with van der Waals surface area (Å²) in [6.45, 7) is 4.59. The zero-order chi connectivity index (χ0) is 11.4. The van der Waals surface area contributed by atoms with E-state index in [2.05, 4.69) is 41.3 Å². The molecule has 88 valence electrons. The summed E-state index contributed by atoms with van der Waals surface area (Å²) in [7, 11) is 2.06. The Bertz CT molecular complexity index is 304. The SMILES string of the molecule is CNC1CCN([C@H](C)c2ccccn2)CC1. The van der Waals surface area contributed by atoms with Gasteiger partial charge in [-0.25, -0.2) is 0 Å². The molecule has 3 nitrogen and oxygen atoms in total. The summed E-state index contributed by atoms with van der Waals surface area (Å²) in [5.41, 5.74) is 1.19. The third-order valence-electron chi connectivity index (χ3n) is 3.60. The van der Waals surface area contributed by atoms with E-state index < -0.39 is 0 Å². The van der Waals surface area contributed by atoms with E-state index in [-0.39, 0.29) is 0 Å². The molecule has 3 heteroatoms. The van der Waals surface area contributed by atoms with Gasteiger partial charge in [-0.3, -0.25) is 9.88 Å². The van der Waals surface area contributed by atoms with Crippen molar-refractivity contribution in [2.75, 3.05) is 20.1 Å². The minimum absolute atomic E-state index is 0.444. The highest BCUT2D eigenvalue weighted by Gasteiger charge is 2.22. The fraction of sp³-hybridized carbons (Fsp3) is 0.615. The van der Waals surface area contributed by atoms with Gasteiger partial charge in [-0.2, -0.15) is 0 Å². The standard InChI is InChI=1S/C13H21N3/c1-11(13-5-3-4-8-15-13)16-9-6-12(14-2)7-10-16/h3-5,8,11-12,14H,6-7,9-10H2,1-2H3/t11-/m1/s1. The van der Waals surface area contributed by atoms with Crippen molar-refractivity contribution in [3.8, 4) is 0 Å². The van der Waals surface area contributed by atoms with Crippen molar-refractivity contribution in [3.63, 3.8) is 0 Å². The average Bonchev–Trinajstić information content (AvgIpc) is 2.39. The first kappa shape index (κ1) is 11.6. The number of piperidine rings is 1. The lowest BCUT2D eigenvalue weighted by molar-refractivity contribution is 0.153. The number of rotatable bonds is 3. The molecule has 0 aliphatic carbocycles. The summed E-state index contributed by atoms with van der Waals surface area (Å²) >= 11 is 0. The van der Waals surface area contributed by atoms with Gasteiger partial charge < -0.3 is 5.32 Å². The van der Waals surface area contributed by atoms with Crippen molar-refractivity contribution >= 4 is 0 Å². The molecule has 16 heavy (non-hydrogen) atoms. The average molecular weight is 219 g/mol. The van der Waals surface area contributed by atoms with Crippen LogP contribution in [0, 0.1) is 0 Å². The smallest absolute Gasteiger partial charge is 0.0572 e. The van der Waals surface area contributed by atoms with E-state index in [1.807, 2.05) is 12.3 Å². The number of nitrogens with one attached hydrogen (secondary N) is 1. The Kier molecular flexibility index (Phi) is 3.91. The van der Waals surface area contributed by atoms with E-state index in [9.17, 15) is 0 Å². The molecule has 1 atom stereocenters. The Labute approximate surface area is 97.9 Å². The van der Waals surface area contributed by atoms with E-state index in [1.165, 1.54) is 31.6 Å². The topological polar surface area (TPSA) is 28.2 Å². The highest BCUT2D eigenvalue weighted by Crippen LogP contribution is 2.22. The van der Waals surface area contributed by atoms with Crippen LogP contribution in [-0.4, -0.2) is 36.1 Å². The number of nitrogens with zero attached hydrogens (tertiary/aromatic N) is 2. The molecule has 2 heterocycles. The summed E-state index contributed by atoms with van der Waals surface area (Å²) in [5.74, 6) is 0. The highest BCUT2D eigenvalue weighted by atomic mass is 15.2. The van der Waals surface area contributed by atoms with Crippen molar-refractivity contribution in [2.45, 2.75) is 31.8 Å². The van der Waals surface area contributed by atoms with Crippen LogP contribution in [0.15, 0.2) is 24.4 Å². The van der Waals surface area contributed by atoms with Crippen LogP contribution in [0.2, 0.25) is 0 Å². The molecule has 1 fully saturated rings. The van der Waals surface area contributed by atoms with Crippen LogP contribution in [0.3, 0.4) is 0 Å². The Morgan fingerprint density at radius 1 is 1.38 bits per heavy atom. The Balaban J connectivity index is 1.94. The fourth-order valence-electron chi connectivity index (χ4n) is 2.39. The minimum atomic E-state index is 0.444. The molecular weight excluding hydrogens is 198 g/mol. The molecule has 1 aliphatic heterocycles. The van der Waals surface area contributed by atoms with E-state index >= 15 is 0 Å². The van der Waals surface area contributed by atoms with Gasteiger partial charge in [-0.15, -0.1) is 0 Å². The zero-order valence-electron chi connectivity index (χ0n) is 10.2. The van der Waals surface area contributed by atoms with Crippen LogP contribution in [-0.2, 0) is 0 Å². The number of aromatic nitrogens is 1. The third-order valence-corrected chi connectivity index (χ3v) is 3.60. The molecule has 0 spiro atoms. The molecule has 0 radical (unpaired) electrons. The van der Waals surface area contributed by atoms with E-state index in [4.69, 9.17) is 0 Å². The second-order valence-electron chi connectivity index (χ2n) is 4.53. The summed E-state index contributed by atoms with van der Waals surface area (Å²) in [5, 5.41) is 3.36. The molecule has 1 aliphatic rings. The van der Waals surface area contributed by atoms with Gasteiger partial charge in [0.25, 0.3) is 0 Å². The molecule has 1 saturated heterocycles. The molecule has 0 saturated carbocycles. The van der Waals surface area contributed by atoms with E-state index in [1.54, 1.807) is 0 Å². The monoisotopic (exact) mass is 219 g/mol. The van der Waals surface area contributed by atoms with E-state index in [0.29, 0.717) is 12.1 Å². The predicted molar refractivity (Wildman–Crippen MR) is 66.3 cm³/mol. The van der Waals surface area contributed by atoms with Crippen molar-refractivity contribution < 1.29 is 0 Å². The fourth-order valence-corrected chi connectivity index (χ4v) is 2.39. The lowest BCUT2D eigenvalue weighted by atomic mass is 10.0. The summed E-state index contributed by atoms with van der Waals surface area (Å²) in [6, 6.07) is 7.31. The summed E-state index contributed by atoms with van der Waals surface area (Å²) in [4.78, 5) is 6.96. The molecule has 1 aromatic rings. The van der Waals surface area contributed by atoms with Gasteiger partial charge in [0.15, 0.2) is 0 Å². The lowest BCUT2D eigenvalue weighted by Gasteiger charge is -2.35. The predicted octanol–water partition coefficient (Wildman–Crippen LogP) is 1.83. The summed E-state index contributed by atoms with van der Waals surface area (Å²) in [6.07, 6.45) is 4.37. The van der Waals surface area contributed by atoms with E-state index in [0.717, 1.165) is 0 Å². The normalized spacial score (nSPS) is 20.9. The summed E-state index contributed by atoms with van der Waals surface area (Å²) < 4.78 is 0. The molecule has 0 amide bonds. The molecule has 0 bridgehead atoms. The Morgan fingerprint density at radius 2 is 2.12 bits per heavy atom. The van der Waals surface area contributed by atoms with Crippen molar-refractivity contribution in [1.82, 2.24) is 15.2 Å². The maximum atomic E-state index is 4.44. The molecule has 0 unspecified atom stereocenters. The van der Waals surface area contributed by atoms with Gasteiger partial charge >= 0.3 is 0 Å². The van der Waals surface area contributed by atoms with Gasteiger partial charge in [0, 0.05) is 31.4 Å². The van der Waals surface area contributed by atoms with Gasteiger partial charge in [0.1, 0.15) is 0 Å². The lowest BCUT2D eigenvalue weighted by Crippen LogP contribution is -2.42. The number of likely N-dealkylation sites (tertiary alicyclic amines) is 1. The maximum Gasteiger partial charge on any atom is 0.0572 e. The molecule has 0 aromatic carbocycles.